The summed E-state index contributed by atoms with van der Waals surface area (Å²) in [6, 6.07) is 3.94. The molecule has 0 saturated carbocycles. The summed E-state index contributed by atoms with van der Waals surface area (Å²) in [5.41, 5.74) is 3.02. The number of nitrogens with zero attached hydrogens (tertiary/aromatic N) is 3. The van der Waals surface area contributed by atoms with Crippen molar-refractivity contribution in [3.8, 4) is 0 Å². The molecular formula is C14H13N3O. The summed E-state index contributed by atoms with van der Waals surface area (Å²) in [6.07, 6.45) is 6.80. The van der Waals surface area contributed by atoms with Crippen molar-refractivity contribution in [2.24, 2.45) is 0 Å². The molecule has 0 fully saturated rings. The number of hydrogen-bond donors (Lipinski definition) is 0. The van der Waals surface area contributed by atoms with Crippen LogP contribution < -0.4 is 0 Å². The second-order valence-electron chi connectivity index (χ2n) is 4.59. The molecule has 0 aromatic carbocycles. The van der Waals surface area contributed by atoms with Crippen LogP contribution in [0.2, 0.25) is 0 Å². The third kappa shape index (κ3) is 1.79. The lowest BCUT2D eigenvalue weighted by Gasteiger charge is -2.08. The Labute approximate surface area is 105 Å². The van der Waals surface area contributed by atoms with Crippen molar-refractivity contribution in [2.75, 3.05) is 0 Å². The van der Waals surface area contributed by atoms with Crippen LogP contribution in [0.25, 0.3) is 0 Å². The third-order valence-electron chi connectivity index (χ3n) is 3.28. The summed E-state index contributed by atoms with van der Waals surface area (Å²) in [7, 11) is 0. The Kier molecular flexibility index (Phi) is 2.63. The van der Waals surface area contributed by atoms with Gasteiger partial charge in [-0.25, -0.2) is 9.97 Å². The maximum atomic E-state index is 12.4. The molecular weight excluding hydrogens is 226 g/mol. The molecule has 1 unspecified atom stereocenters. The first-order valence-electron chi connectivity index (χ1n) is 6.02. The Morgan fingerprint density at radius 3 is 2.83 bits per heavy atom. The standard InChI is InChI=1S/C14H13N3O/c1-9-7-16-14(17-8-9)13(18)11-5-4-10-3-2-6-15-12(10)11/h2-3,6-8,11H,4-5H2,1H3. The highest BCUT2D eigenvalue weighted by Crippen LogP contribution is 2.32. The van der Waals surface area contributed by atoms with E-state index in [0.717, 1.165) is 24.1 Å². The SMILES string of the molecule is Cc1cnc(C(=O)C2CCc3cccnc32)nc1. The molecule has 0 amide bonds. The van der Waals surface area contributed by atoms with Crippen LogP contribution in [0.4, 0.5) is 0 Å². The number of Topliss-reactive ketones (excluding diaryl/α,β-unsaturated/α-hetero) is 1. The van der Waals surface area contributed by atoms with E-state index in [-0.39, 0.29) is 11.7 Å². The van der Waals surface area contributed by atoms with Crippen LogP contribution in [0.15, 0.2) is 30.7 Å². The van der Waals surface area contributed by atoms with Gasteiger partial charge in [0.15, 0.2) is 5.82 Å². The normalized spacial score (nSPS) is 17.5. The number of ketones is 1. The molecule has 1 aliphatic carbocycles. The summed E-state index contributed by atoms with van der Waals surface area (Å²) < 4.78 is 0. The monoisotopic (exact) mass is 239 g/mol. The van der Waals surface area contributed by atoms with Crippen molar-refractivity contribution in [1.29, 1.82) is 0 Å². The van der Waals surface area contributed by atoms with Gasteiger partial charge in [-0.15, -0.1) is 0 Å². The minimum atomic E-state index is -0.177. The summed E-state index contributed by atoms with van der Waals surface area (Å²) in [4.78, 5) is 24.9. The van der Waals surface area contributed by atoms with Crippen LogP contribution in [0, 0.1) is 6.92 Å². The van der Waals surface area contributed by atoms with Crippen molar-refractivity contribution in [3.05, 3.63) is 53.4 Å². The van der Waals surface area contributed by atoms with E-state index in [1.165, 1.54) is 5.56 Å². The number of aryl methyl sites for hydroxylation is 2. The van der Waals surface area contributed by atoms with E-state index >= 15 is 0 Å². The number of carbonyl (C=O) groups is 1. The Morgan fingerprint density at radius 1 is 1.28 bits per heavy atom. The molecule has 0 aliphatic heterocycles. The van der Waals surface area contributed by atoms with Gasteiger partial charge in [0, 0.05) is 18.6 Å². The van der Waals surface area contributed by atoms with Gasteiger partial charge in [-0.3, -0.25) is 9.78 Å². The number of fused-ring (bicyclic) bond motifs is 1. The van der Waals surface area contributed by atoms with Crippen LogP contribution in [0.1, 0.15) is 39.8 Å². The molecule has 2 aromatic heterocycles. The molecule has 4 heteroatoms. The van der Waals surface area contributed by atoms with Crippen molar-refractivity contribution in [2.45, 2.75) is 25.7 Å². The summed E-state index contributed by atoms with van der Waals surface area (Å²) >= 11 is 0. The summed E-state index contributed by atoms with van der Waals surface area (Å²) in [5.74, 6) is 0.0976. The average Bonchev–Trinajstić information content (AvgIpc) is 2.82. The third-order valence-corrected chi connectivity index (χ3v) is 3.28. The first-order valence-corrected chi connectivity index (χ1v) is 6.02. The highest BCUT2D eigenvalue weighted by Gasteiger charge is 2.31. The molecule has 0 radical (unpaired) electrons. The fraction of sp³-hybridized carbons (Fsp3) is 0.286. The van der Waals surface area contributed by atoms with Gasteiger partial charge in [-0.1, -0.05) is 6.07 Å². The number of rotatable bonds is 2. The fourth-order valence-corrected chi connectivity index (χ4v) is 2.34. The van der Waals surface area contributed by atoms with Gasteiger partial charge in [0.25, 0.3) is 0 Å². The molecule has 0 spiro atoms. The average molecular weight is 239 g/mol. The minimum Gasteiger partial charge on any atom is -0.290 e. The van der Waals surface area contributed by atoms with Crippen molar-refractivity contribution in [3.63, 3.8) is 0 Å². The van der Waals surface area contributed by atoms with Crippen LogP contribution in [-0.4, -0.2) is 20.7 Å². The minimum absolute atomic E-state index is 0.0209. The maximum Gasteiger partial charge on any atom is 0.209 e. The Morgan fingerprint density at radius 2 is 2.06 bits per heavy atom. The van der Waals surface area contributed by atoms with Crippen molar-refractivity contribution >= 4 is 5.78 Å². The lowest BCUT2D eigenvalue weighted by molar-refractivity contribution is 0.0947. The van der Waals surface area contributed by atoms with E-state index in [2.05, 4.69) is 15.0 Å². The first-order chi connectivity index (χ1) is 8.75. The van der Waals surface area contributed by atoms with Crippen LogP contribution in [0.3, 0.4) is 0 Å². The quantitative estimate of drug-likeness (QED) is 0.753. The molecule has 2 heterocycles. The van der Waals surface area contributed by atoms with Gasteiger partial charge in [-0.05, 0) is 37.0 Å². The van der Waals surface area contributed by atoms with Gasteiger partial charge >= 0.3 is 0 Å². The van der Waals surface area contributed by atoms with Crippen molar-refractivity contribution in [1.82, 2.24) is 15.0 Å². The number of aromatic nitrogens is 3. The molecule has 90 valence electrons. The van der Waals surface area contributed by atoms with Gasteiger partial charge in [0.05, 0.1) is 11.6 Å². The first kappa shape index (κ1) is 11.0. The molecule has 1 aliphatic rings. The topological polar surface area (TPSA) is 55.7 Å². The summed E-state index contributed by atoms with van der Waals surface area (Å²) in [6.45, 7) is 1.90. The number of pyridine rings is 1. The predicted molar refractivity (Wildman–Crippen MR) is 66.4 cm³/mol. The fourth-order valence-electron chi connectivity index (χ4n) is 2.34. The number of carbonyl (C=O) groups excluding carboxylic acids is 1. The Balaban J connectivity index is 1.93. The Bertz CT molecular complexity index is 592. The zero-order valence-electron chi connectivity index (χ0n) is 10.1. The van der Waals surface area contributed by atoms with Gasteiger partial charge in [0.1, 0.15) is 0 Å². The molecule has 1 atom stereocenters. The zero-order valence-corrected chi connectivity index (χ0v) is 10.1. The summed E-state index contributed by atoms with van der Waals surface area (Å²) in [5, 5.41) is 0. The van der Waals surface area contributed by atoms with Crippen LogP contribution in [0.5, 0.6) is 0 Å². The highest BCUT2D eigenvalue weighted by molar-refractivity contribution is 5.98. The molecule has 4 nitrogen and oxygen atoms in total. The van der Waals surface area contributed by atoms with Crippen LogP contribution in [-0.2, 0) is 6.42 Å². The van der Waals surface area contributed by atoms with E-state index in [1.807, 2.05) is 19.1 Å². The molecule has 0 saturated heterocycles. The molecule has 3 rings (SSSR count). The molecule has 18 heavy (non-hydrogen) atoms. The van der Waals surface area contributed by atoms with E-state index in [0.29, 0.717) is 5.82 Å². The lowest BCUT2D eigenvalue weighted by Crippen LogP contribution is -2.14. The van der Waals surface area contributed by atoms with Crippen LogP contribution >= 0.6 is 0 Å². The smallest absolute Gasteiger partial charge is 0.209 e. The van der Waals surface area contributed by atoms with Crippen molar-refractivity contribution < 1.29 is 4.79 Å². The molecule has 0 bridgehead atoms. The van der Waals surface area contributed by atoms with E-state index in [1.54, 1.807) is 18.6 Å². The largest absolute Gasteiger partial charge is 0.290 e. The molecule has 2 aromatic rings. The second kappa shape index (κ2) is 4.29. The Hall–Kier alpha value is -2.10. The van der Waals surface area contributed by atoms with E-state index in [4.69, 9.17) is 0 Å². The zero-order chi connectivity index (χ0) is 12.5. The second-order valence-corrected chi connectivity index (χ2v) is 4.59. The van der Waals surface area contributed by atoms with E-state index < -0.39 is 0 Å². The molecule has 0 N–H and O–H groups in total. The number of hydrogen-bond acceptors (Lipinski definition) is 4. The lowest BCUT2D eigenvalue weighted by atomic mass is 10.0. The van der Waals surface area contributed by atoms with E-state index in [9.17, 15) is 4.79 Å². The maximum absolute atomic E-state index is 12.4. The van der Waals surface area contributed by atoms with Gasteiger partial charge in [0.2, 0.25) is 5.78 Å². The predicted octanol–water partition coefficient (Wildman–Crippen LogP) is 2.09. The van der Waals surface area contributed by atoms with Gasteiger partial charge < -0.3 is 0 Å². The van der Waals surface area contributed by atoms with Gasteiger partial charge in [-0.2, -0.15) is 0 Å². The highest BCUT2D eigenvalue weighted by atomic mass is 16.1.